The van der Waals surface area contributed by atoms with Crippen LogP contribution in [0.3, 0.4) is 0 Å². The van der Waals surface area contributed by atoms with Crippen LogP contribution >= 0.6 is 0 Å². The van der Waals surface area contributed by atoms with E-state index < -0.39 is 0 Å². The van der Waals surface area contributed by atoms with E-state index in [4.69, 9.17) is 0 Å². The van der Waals surface area contributed by atoms with Crippen molar-refractivity contribution in [2.75, 3.05) is 0 Å². The fraction of sp³-hybridized carbons (Fsp3) is 0.727. The fourth-order valence-electron chi connectivity index (χ4n) is 2.45. The zero-order valence-electron chi connectivity index (χ0n) is 15.7. The molecule has 0 aliphatic carbocycles. The van der Waals surface area contributed by atoms with Crippen molar-refractivity contribution in [2.45, 2.75) is 98.3 Å². The third-order valence-corrected chi connectivity index (χ3v) is 3.83. The van der Waals surface area contributed by atoms with Crippen molar-refractivity contribution in [1.29, 1.82) is 0 Å². The lowest BCUT2D eigenvalue weighted by atomic mass is 9.89. The Balaban J connectivity index is 3.25. The minimum absolute atomic E-state index is 0.519. The van der Waals surface area contributed by atoms with Gasteiger partial charge in [0.05, 0.1) is 0 Å². The molecule has 0 aliphatic heterocycles. The number of allylic oxidation sites excluding steroid dienone is 6. The van der Waals surface area contributed by atoms with Gasteiger partial charge in [0.25, 0.3) is 0 Å². The lowest BCUT2D eigenvalue weighted by Crippen LogP contribution is -2.03. The van der Waals surface area contributed by atoms with Gasteiger partial charge in [-0.3, -0.25) is 0 Å². The molecule has 0 saturated carbocycles. The summed E-state index contributed by atoms with van der Waals surface area (Å²) in [5.74, 6) is 0. The van der Waals surface area contributed by atoms with E-state index in [1.54, 1.807) is 0 Å². The van der Waals surface area contributed by atoms with Crippen LogP contribution in [0.2, 0.25) is 0 Å². The minimum atomic E-state index is 0.519. The summed E-state index contributed by atoms with van der Waals surface area (Å²) in [5, 5.41) is 0. The number of unbranched alkanes of at least 4 members (excludes halogenated alkanes) is 6. The highest BCUT2D eigenvalue weighted by Crippen LogP contribution is 2.22. The predicted molar refractivity (Wildman–Crippen MR) is 103 cm³/mol. The van der Waals surface area contributed by atoms with E-state index in [1.165, 1.54) is 51.4 Å². The Kier molecular flexibility index (Phi) is 14.6. The summed E-state index contributed by atoms with van der Waals surface area (Å²) in [5.41, 5.74) is 0.519. The van der Waals surface area contributed by atoms with E-state index in [0.717, 1.165) is 19.3 Å². The molecule has 0 aliphatic rings. The molecule has 0 aromatic heterocycles. The first-order chi connectivity index (χ1) is 10.6. The number of rotatable bonds is 13. The first-order valence-electron chi connectivity index (χ1n) is 9.51. The fourth-order valence-corrected chi connectivity index (χ4v) is 2.45. The van der Waals surface area contributed by atoms with Gasteiger partial charge in [0, 0.05) is 0 Å². The summed E-state index contributed by atoms with van der Waals surface area (Å²) in [4.78, 5) is 0. The summed E-state index contributed by atoms with van der Waals surface area (Å²) in [6, 6.07) is 0. The second kappa shape index (κ2) is 15.1. The van der Waals surface area contributed by atoms with Gasteiger partial charge in [-0.15, -0.1) is 0 Å². The highest BCUT2D eigenvalue weighted by molar-refractivity contribution is 4.96. The molecule has 0 nitrogen and oxygen atoms in total. The third kappa shape index (κ3) is 19.2. The van der Waals surface area contributed by atoms with Crippen molar-refractivity contribution >= 4 is 0 Å². The van der Waals surface area contributed by atoms with E-state index in [9.17, 15) is 0 Å². The average molecular weight is 305 g/mol. The van der Waals surface area contributed by atoms with Gasteiger partial charge in [0.1, 0.15) is 0 Å². The molecule has 128 valence electrons. The summed E-state index contributed by atoms with van der Waals surface area (Å²) in [6.45, 7) is 9.21. The van der Waals surface area contributed by atoms with Gasteiger partial charge in [-0.1, -0.05) is 96.3 Å². The Morgan fingerprint density at radius 3 is 1.68 bits per heavy atom. The maximum atomic E-state index is 2.35. The first kappa shape index (κ1) is 21.2. The van der Waals surface area contributed by atoms with Crippen molar-refractivity contribution in [3.63, 3.8) is 0 Å². The van der Waals surface area contributed by atoms with Crippen LogP contribution < -0.4 is 0 Å². The van der Waals surface area contributed by atoms with Crippen LogP contribution in [-0.4, -0.2) is 0 Å². The van der Waals surface area contributed by atoms with Crippen LogP contribution in [0.1, 0.15) is 98.3 Å². The highest BCUT2D eigenvalue weighted by atomic mass is 14.1. The smallest absolute Gasteiger partial charge is 0.0169 e. The van der Waals surface area contributed by atoms with Crippen molar-refractivity contribution in [1.82, 2.24) is 0 Å². The molecule has 0 radical (unpaired) electrons. The molecule has 0 saturated heterocycles. The Bertz CT molecular complexity index is 298. The van der Waals surface area contributed by atoms with E-state index in [1.807, 2.05) is 0 Å². The largest absolute Gasteiger partial charge is 0.0885 e. The van der Waals surface area contributed by atoms with Crippen molar-refractivity contribution < 1.29 is 0 Å². The lowest BCUT2D eigenvalue weighted by Gasteiger charge is -2.17. The highest BCUT2D eigenvalue weighted by Gasteiger charge is 2.08. The molecular formula is C22H40. The first-order valence-corrected chi connectivity index (χ1v) is 9.51. The second-order valence-electron chi connectivity index (χ2n) is 7.51. The molecule has 0 spiro atoms. The van der Waals surface area contributed by atoms with E-state index in [0.29, 0.717) is 5.41 Å². The maximum absolute atomic E-state index is 2.35. The zero-order chi connectivity index (χ0) is 16.5. The molecule has 0 aromatic rings. The second-order valence-corrected chi connectivity index (χ2v) is 7.51. The molecule has 0 rings (SSSR count). The molecule has 0 unspecified atom stereocenters. The van der Waals surface area contributed by atoms with Crippen molar-refractivity contribution in [3.8, 4) is 0 Å². The van der Waals surface area contributed by atoms with E-state index in [2.05, 4.69) is 64.2 Å². The van der Waals surface area contributed by atoms with Gasteiger partial charge < -0.3 is 0 Å². The molecule has 0 fully saturated rings. The van der Waals surface area contributed by atoms with Crippen LogP contribution in [0.25, 0.3) is 0 Å². The summed E-state index contributed by atoms with van der Waals surface area (Å²) < 4.78 is 0. The third-order valence-electron chi connectivity index (χ3n) is 3.83. The van der Waals surface area contributed by atoms with Crippen molar-refractivity contribution in [2.24, 2.45) is 5.41 Å². The average Bonchev–Trinajstić information content (AvgIpc) is 2.45. The van der Waals surface area contributed by atoms with E-state index in [-0.39, 0.29) is 0 Å². The maximum Gasteiger partial charge on any atom is -0.0169 e. The zero-order valence-corrected chi connectivity index (χ0v) is 15.7. The normalized spacial score (nSPS) is 13.1. The molecule has 0 atom stereocenters. The van der Waals surface area contributed by atoms with Gasteiger partial charge in [0.15, 0.2) is 0 Å². The summed E-state index contributed by atoms with van der Waals surface area (Å²) >= 11 is 0. The molecule has 0 aromatic carbocycles. The lowest BCUT2D eigenvalue weighted by molar-refractivity contribution is 0.356. The summed E-state index contributed by atoms with van der Waals surface area (Å²) in [7, 11) is 0. The van der Waals surface area contributed by atoms with Gasteiger partial charge in [-0.2, -0.15) is 0 Å². The molecular weight excluding hydrogens is 264 g/mol. The quantitative estimate of drug-likeness (QED) is 0.239. The van der Waals surface area contributed by atoms with Gasteiger partial charge in [0.2, 0.25) is 0 Å². The van der Waals surface area contributed by atoms with Crippen LogP contribution in [0.5, 0.6) is 0 Å². The standard InChI is InChI=1S/C22H40/c1-5-6-7-8-9-10-11-12-13-14-15-16-17-18-19-20-21-22(2,3)4/h6-7,9-10,12-13H,5,8,11,14-21H2,1-4H3/b7-6+,10-9-,13-12-. The van der Waals surface area contributed by atoms with Crippen LogP contribution in [0.4, 0.5) is 0 Å². The SMILES string of the molecule is CC/C=C/C/C=C\C/C=C\CCCCCCCCC(C)(C)C. The van der Waals surface area contributed by atoms with Gasteiger partial charge >= 0.3 is 0 Å². The molecule has 0 amide bonds. The van der Waals surface area contributed by atoms with E-state index >= 15 is 0 Å². The Hall–Kier alpha value is -0.780. The topological polar surface area (TPSA) is 0 Å². The molecule has 0 bridgehead atoms. The Labute approximate surface area is 140 Å². The summed E-state index contributed by atoms with van der Waals surface area (Å²) in [6.07, 6.45) is 28.0. The Morgan fingerprint density at radius 2 is 1.09 bits per heavy atom. The molecule has 0 heteroatoms. The Morgan fingerprint density at radius 1 is 0.591 bits per heavy atom. The molecule has 22 heavy (non-hydrogen) atoms. The van der Waals surface area contributed by atoms with Crippen LogP contribution in [-0.2, 0) is 0 Å². The van der Waals surface area contributed by atoms with Crippen LogP contribution in [0.15, 0.2) is 36.5 Å². The minimum Gasteiger partial charge on any atom is -0.0885 e. The van der Waals surface area contributed by atoms with Gasteiger partial charge in [-0.05, 0) is 43.9 Å². The predicted octanol–water partition coefficient (Wildman–Crippen LogP) is 8.01. The van der Waals surface area contributed by atoms with Crippen LogP contribution in [0, 0.1) is 5.41 Å². The molecule has 0 heterocycles. The monoisotopic (exact) mass is 304 g/mol. The van der Waals surface area contributed by atoms with Crippen molar-refractivity contribution in [3.05, 3.63) is 36.5 Å². The number of hydrogen-bond acceptors (Lipinski definition) is 0. The van der Waals surface area contributed by atoms with Gasteiger partial charge in [-0.25, -0.2) is 0 Å². The number of hydrogen-bond donors (Lipinski definition) is 0. The molecule has 0 N–H and O–H groups in total.